The number of fused-ring (bicyclic) bond motifs is 1. The summed E-state index contributed by atoms with van der Waals surface area (Å²) < 4.78 is 5.49. The summed E-state index contributed by atoms with van der Waals surface area (Å²) in [6, 6.07) is 14.5. The third-order valence-corrected chi connectivity index (χ3v) is 4.83. The van der Waals surface area contributed by atoms with Crippen LogP contribution in [0.1, 0.15) is 45.6 Å². The van der Waals surface area contributed by atoms with Crippen LogP contribution in [0.15, 0.2) is 59.1 Å². The number of benzene rings is 1. The normalized spacial score (nSPS) is 15.6. The average molecular weight is 375 g/mol. The molecule has 1 aliphatic rings. The van der Waals surface area contributed by atoms with Gasteiger partial charge in [0.25, 0.3) is 5.91 Å². The summed E-state index contributed by atoms with van der Waals surface area (Å²) >= 11 is 0. The average Bonchev–Trinajstić information content (AvgIpc) is 3.22. The molecule has 0 unspecified atom stereocenters. The molecular formula is C22H21N3O3. The number of carbonyl (C=O) groups excluding carboxylic acids is 2. The van der Waals surface area contributed by atoms with E-state index in [-0.39, 0.29) is 18.2 Å². The van der Waals surface area contributed by atoms with E-state index in [1.54, 1.807) is 23.2 Å². The van der Waals surface area contributed by atoms with Gasteiger partial charge in [-0.2, -0.15) is 0 Å². The maximum Gasteiger partial charge on any atom is 0.260 e. The van der Waals surface area contributed by atoms with Gasteiger partial charge in [-0.1, -0.05) is 12.1 Å². The highest BCUT2D eigenvalue weighted by molar-refractivity contribution is 6.11. The molecule has 3 aromatic rings. The summed E-state index contributed by atoms with van der Waals surface area (Å²) in [7, 11) is 0. The Kier molecular flexibility index (Phi) is 4.69. The second kappa shape index (κ2) is 7.31. The van der Waals surface area contributed by atoms with E-state index in [2.05, 4.69) is 10.3 Å². The van der Waals surface area contributed by atoms with E-state index in [0.29, 0.717) is 23.6 Å². The van der Waals surface area contributed by atoms with Gasteiger partial charge in [-0.15, -0.1) is 0 Å². The highest BCUT2D eigenvalue weighted by atomic mass is 16.3. The van der Waals surface area contributed by atoms with Crippen molar-refractivity contribution >= 4 is 17.5 Å². The van der Waals surface area contributed by atoms with Crippen molar-refractivity contribution in [2.45, 2.75) is 32.9 Å². The fourth-order valence-corrected chi connectivity index (χ4v) is 3.53. The smallest absolute Gasteiger partial charge is 0.260 e. The van der Waals surface area contributed by atoms with E-state index < -0.39 is 6.04 Å². The van der Waals surface area contributed by atoms with Crippen LogP contribution in [0.25, 0.3) is 0 Å². The molecule has 0 spiro atoms. The standard InChI is InChI=1S/C22H21N3O3/c1-14-5-3-6-16(11-14)25-19(21-18(22(25)27)7-4-10-23-21)12-20(26)24-13-17-9-8-15(2)28-17/h3-11,19H,12-13H2,1-2H3,(H,24,26)/t19-/m0/s1. The molecular weight excluding hydrogens is 354 g/mol. The zero-order valence-corrected chi connectivity index (χ0v) is 15.8. The van der Waals surface area contributed by atoms with Gasteiger partial charge < -0.3 is 9.73 Å². The van der Waals surface area contributed by atoms with Crippen LogP contribution in [-0.4, -0.2) is 16.8 Å². The molecule has 28 heavy (non-hydrogen) atoms. The molecule has 0 fully saturated rings. The minimum Gasteiger partial charge on any atom is -0.465 e. The van der Waals surface area contributed by atoms with Crippen LogP contribution in [0.2, 0.25) is 0 Å². The van der Waals surface area contributed by atoms with Crippen LogP contribution in [-0.2, 0) is 11.3 Å². The molecule has 0 bridgehead atoms. The van der Waals surface area contributed by atoms with Gasteiger partial charge in [0.1, 0.15) is 11.5 Å². The first-order chi connectivity index (χ1) is 13.5. The molecule has 1 atom stereocenters. The number of aryl methyl sites for hydroxylation is 2. The fraction of sp³-hybridized carbons (Fsp3) is 0.227. The van der Waals surface area contributed by atoms with E-state index in [1.165, 1.54) is 0 Å². The number of anilines is 1. The summed E-state index contributed by atoms with van der Waals surface area (Å²) in [5, 5.41) is 2.87. The quantitative estimate of drug-likeness (QED) is 0.738. The first-order valence-electron chi connectivity index (χ1n) is 9.20. The van der Waals surface area contributed by atoms with E-state index >= 15 is 0 Å². The van der Waals surface area contributed by atoms with Crippen LogP contribution in [0.4, 0.5) is 5.69 Å². The van der Waals surface area contributed by atoms with Crippen LogP contribution < -0.4 is 10.2 Å². The Morgan fingerprint density at radius 2 is 2.04 bits per heavy atom. The molecule has 0 saturated heterocycles. The van der Waals surface area contributed by atoms with Gasteiger partial charge in [0.2, 0.25) is 5.91 Å². The van der Waals surface area contributed by atoms with Crippen molar-refractivity contribution in [3.63, 3.8) is 0 Å². The van der Waals surface area contributed by atoms with Gasteiger partial charge in [0.05, 0.1) is 30.3 Å². The second-order valence-electron chi connectivity index (χ2n) is 6.96. The lowest BCUT2D eigenvalue weighted by Gasteiger charge is -2.25. The van der Waals surface area contributed by atoms with Gasteiger partial charge in [-0.05, 0) is 55.8 Å². The van der Waals surface area contributed by atoms with Gasteiger partial charge in [-0.3, -0.25) is 19.5 Å². The molecule has 1 N–H and O–H groups in total. The number of hydrogen-bond donors (Lipinski definition) is 1. The topological polar surface area (TPSA) is 75.4 Å². The van der Waals surface area contributed by atoms with E-state index in [0.717, 1.165) is 17.0 Å². The summed E-state index contributed by atoms with van der Waals surface area (Å²) in [4.78, 5) is 31.7. The molecule has 0 radical (unpaired) electrons. The molecule has 2 amide bonds. The number of nitrogens with zero attached hydrogens (tertiary/aromatic N) is 2. The largest absolute Gasteiger partial charge is 0.465 e. The predicted molar refractivity (Wildman–Crippen MR) is 105 cm³/mol. The van der Waals surface area contributed by atoms with Crippen molar-refractivity contribution < 1.29 is 14.0 Å². The van der Waals surface area contributed by atoms with Crippen molar-refractivity contribution in [1.29, 1.82) is 0 Å². The number of furan rings is 1. The Morgan fingerprint density at radius 1 is 1.18 bits per heavy atom. The SMILES string of the molecule is Cc1cccc(N2C(=O)c3cccnc3[C@@H]2CC(=O)NCc2ccc(C)o2)c1. The first kappa shape index (κ1) is 18.0. The molecule has 6 nitrogen and oxygen atoms in total. The van der Waals surface area contributed by atoms with Crippen molar-refractivity contribution in [3.8, 4) is 0 Å². The lowest BCUT2D eigenvalue weighted by atomic mass is 10.1. The van der Waals surface area contributed by atoms with Gasteiger partial charge in [0, 0.05) is 11.9 Å². The van der Waals surface area contributed by atoms with E-state index in [1.807, 2.05) is 50.2 Å². The Balaban J connectivity index is 1.58. The Bertz CT molecular complexity index is 1040. The number of hydrogen-bond acceptors (Lipinski definition) is 4. The molecule has 6 heteroatoms. The summed E-state index contributed by atoms with van der Waals surface area (Å²) in [6.07, 6.45) is 1.78. The minimum absolute atomic E-state index is 0.128. The summed E-state index contributed by atoms with van der Waals surface area (Å²) in [5.41, 5.74) is 2.99. The summed E-state index contributed by atoms with van der Waals surface area (Å²) in [6.45, 7) is 4.15. The molecule has 0 saturated carbocycles. The Morgan fingerprint density at radius 3 is 2.79 bits per heavy atom. The highest BCUT2D eigenvalue weighted by Gasteiger charge is 2.39. The van der Waals surface area contributed by atoms with Crippen LogP contribution in [0.3, 0.4) is 0 Å². The number of nitrogens with one attached hydrogen (secondary N) is 1. The molecule has 142 valence electrons. The zero-order valence-electron chi connectivity index (χ0n) is 15.8. The third kappa shape index (κ3) is 3.41. The minimum atomic E-state index is -0.441. The molecule has 3 heterocycles. The number of aromatic nitrogens is 1. The van der Waals surface area contributed by atoms with E-state index in [9.17, 15) is 9.59 Å². The molecule has 4 rings (SSSR count). The van der Waals surface area contributed by atoms with Crippen LogP contribution in [0.5, 0.6) is 0 Å². The van der Waals surface area contributed by atoms with Crippen molar-refractivity contribution in [2.24, 2.45) is 0 Å². The third-order valence-electron chi connectivity index (χ3n) is 4.83. The van der Waals surface area contributed by atoms with Gasteiger partial charge >= 0.3 is 0 Å². The lowest BCUT2D eigenvalue weighted by Crippen LogP contribution is -2.32. The van der Waals surface area contributed by atoms with Gasteiger partial charge in [0.15, 0.2) is 0 Å². The van der Waals surface area contributed by atoms with Crippen LogP contribution in [0, 0.1) is 13.8 Å². The Hall–Kier alpha value is -3.41. The van der Waals surface area contributed by atoms with Gasteiger partial charge in [-0.25, -0.2) is 0 Å². The summed E-state index contributed by atoms with van der Waals surface area (Å²) in [5.74, 6) is 1.20. The van der Waals surface area contributed by atoms with Crippen molar-refractivity contribution in [3.05, 3.63) is 83.1 Å². The van der Waals surface area contributed by atoms with Crippen molar-refractivity contribution in [1.82, 2.24) is 10.3 Å². The second-order valence-corrected chi connectivity index (χ2v) is 6.96. The maximum absolute atomic E-state index is 13.0. The van der Waals surface area contributed by atoms with Crippen molar-refractivity contribution in [2.75, 3.05) is 4.90 Å². The van der Waals surface area contributed by atoms with E-state index in [4.69, 9.17) is 4.42 Å². The number of amides is 2. The zero-order chi connectivity index (χ0) is 19.7. The molecule has 1 aromatic carbocycles. The van der Waals surface area contributed by atoms with Crippen LogP contribution >= 0.6 is 0 Å². The first-order valence-corrected chi connectivity index (χ1v) is 9.20. The lowest BCUT2D eigenvalue weighted by molar-refractivity contribution is -0.121. The molecule has 1 aliphatic heterocycles. The molecule has 0 aliphatic carbocycles. The number of pyridine rings is 1. The monoisotopic (exact) mass is 375 g/mol. The number of carbonyl (C=O) groups is 2. The predicted octanol–water partition coefficient (Wildman–Crippen LogP) is 3.70. The fourth-order valence-electron chi connectivity index (χ4n) is 3.53. The number of rotatable bonds is 5. The Labute approximate surface area is 163 Å². The highest BCUT2D eigenvalue weighted by Crippen LogP contribution is 2.38. The molecule has 2 aromatic heterocycles. The maximum atomic E-state index is 13.0.